The maximum atomic E-state index is 13.2. The summed E-state index contributed by atoms with van der Waals surface area (Å²) >= 11 is 0. The molecule has 2 aromatic rings. The van der Waals surface area contributed by atoms with Crippen molar-refractivity contribution in [2.75, 3.05) is 13.2 Å². The minimum absolute atomic E-state index is 0.234. The number of rotatable bonds is 3. The molecule has 1 unspecified atom stereocenters. The lowest BCUT2D eigenvalue weighted by atomic mass is 9.97. The summed E-state index contributed by atoms with van der Waals surface area (Å²) in [6.45, 7) is 1.13. The average molecular weight is 295 g/mol. The van der Waals surface area contributed by atoms with E-state index in [0.717, 1.165) is 12.5 Å². The van der Waals surface area contributed by atoms with Crippen molar-refractivity contribution in [2.45, 2.75) is 25.0 Å². The molecule has 7 heteroatoms. The molecule has 21 heavy (non-hydrogen) atoms. The Morgan fingerprint density at radius 2 is 2.05 bits per heavy atom. The highest BCUT2D eigenvalue weighted by molar-refractivity contribution is 5.57. The van der Waals surface area contributed by atoms with E-state index in [9.17, 15) is 13.9 Å². The first kappa shape index (κ1) is 14.1. The fourth-order valence-corrected chi connectivity index (χ4v) is 2.47. The monoisotopic (exact) mass is 295 g/mol. The lowest BCUT2D eigenvalue weighted by Gasteiger charge is -2.31. The Bertz CT molecular complexity index is 619. The second kappa shape index (κ2) is 5.50. The zero-order valence-electron chi connectivity index (χ0n) is 11.3. The second-order valence-corrected chi connectivity index (χ2v) is 5.34. The van der Waals surface area contributed by atoms with E-state index in [2.05, 4.69) is 10.3 Å². The van der Waals surface area contributed by atoms with Gasteiger partial charge in [-0.2, -0.15) is 0 Å². The van der Waals surface area contributed by atoms with Gasteiger partial charge in [-0.3, -0.25) is 0 Å². The summed E-state index contributed by atoms with van der Waals surface area (Å²) in [6, 6.07) is 3.18. The van der Waals surface area contributed by atoms with Gasteiger partial charge in [0.25, 0.3) is 0 Å². The molecule has 1 fully saturated rings. The first-order chi connectivity index (χ1) is 10.0. The molecule has 0 spiro atoms. The van der Waals surface area contributed by atoms with Crippen molar-refractivity contribution in [3.63, 3.8) is 0 Å². The van der Waals surface area contributed by atoms with Crippen molar-refractivity contribution < 1.29 is 18.6 Å². The summed E-state index contributed by atoms with van der Waals surface area (Å²) in [7, 11) is 0. The first-order valence-electron chi connectivity index (χ1n) is 6.71. The zero-order chi connectivity index (χ0) is 14.9. The molecule has 1 aromatic carbocycles. The van der Waals surface area contributed by atoms with Crippen molar-refractivity contribution in [1.82, 2.24) is 15.0 Å². The first-order valence-corrected chi connectivity index (χ1v) is 6.71. The molecule has 1 aliphatic rings. The van der Waals surface area contributed by atoms with Crippen molar-refractivity contribution in [1.29, 1.82) is 0 Å². The lowest BCUT2D eigenvalue weighted by molar-refractivity contribution is -0.0960. The van der Waals surface area contributed by atoms with E-state index >= 15 is 0 Å². The minimum atomic E-state index is -0.976. The lowest BCUT2D eigenvalue weighted by Crippen LogP contribution is -2.42. The van der Waals surface area contributed by atoms with E-state index in [1.165, 1.54) is 16.8 Å². The van der Waals surface area contributed by atoms with Crippen LogP contribution in [0.25, 0.3) is 11.3 Å². The van der Waals surface area contributed by atoms with Crippen molar-refractivity contribution in [3.05, 3.63) is 36.0 Å². The van der Waals surface area contributed by atoms with Crippen LogP contribution in [-0.2, 0) is 11.3 Å². The van der Waals surface area contributed by atoms with E-state index in [4.69, 9.17) is 4.74 Å². The van der Waals surface area contributed by atoms with Crippen LogP contribution < -0.4 is 0 Å². The molecular formula is C14H15F2N3O2. The third-order valence-electron chi connectivity index (χ3n) is 3.45. The van der Waals surface area contributed by atoms with Crippen LogP contribution in [0.5, 0.6) is 0 Å². The largest absolute Gasteiger partial charge is 0.386 e. The van der Waals surface area contributed by atoms with Gasteiger partial charge in [-0.25, -0.2) is 13.5 Å². The van der Waals surface area contributed by atoms with Crippen LogP contribution in [0, 0.1) is 11.6 Å². The number of hydrogen-bond acceptors (Lipinski definition) is 4. The number of hydrogen-bond donors (Lipinski definition) is 1. The van der Waals surface area contributed by atoms with Gasteiger partial charge in [-0.1, -0.05) is 5.21 Å². The van der Waals surface area contributed by atoms with Gasteiger partial charge in [0.15, 0.2) is 0 Å². The fraction of sp³-hybridized carbons (Fsp3) is 0.429. The SMILES string of the molecule is OC1(Cn2cc(-c3cc(F)cc(F)c3)nn2)CCCOC1. The molecule has 0 aliphatic carbocycles. The van der Waals surface area contributed by atoms with Crippen LogP contribution in [0.4, 0.5) is 8.78 Å². The predicted octanol–water partition coefficient (Wildman–Crippen LogP) is 1.76. The Kier molecular flexibility index (Phi) is 3.69. The standard InChI is InChI=1S/C14H15F2N3O2/c15-11-4-10(5-12(16)6-11)13-7-19(18-17-13)8-14(20)2-1-3-21-9-14/h4-7,20H,1-3,8-9H2. The Morgan fingerprint density at radius 3 is 2.71 bits per heavy atom. The summed E-state index contributed by atoms with van der Waals surface area (Å²) in [4.78, 5) is 0. The molecule has 2 heterocycles. The third-order valence-corrected chi connectivity index (χ3v) is 3.45. The highest BCUT2D eigenvalue weighted by atomic mass is 19.1. The number of halogens is 2. The van der Waals surface area contributed by atoms with Gasteiger partial charge in [0.1, 0.15) is 22.9 Å². The Hall–Kier alpha value is -1.86. The molecule has 0 amide bonds. The molecule has 0 saturated carbocycles. The predicted molar refractivity (Wildman–Crippen MR) is 70.4 cm³/mol. The van der Waals surface area contributed by atoms with Gasteiger partial charge in [0, 0.05) is 18.2 Å². The molecular weight excluding hydrogens is 280 g/mol. The number of benzene rings is 1. The zero-order valence-corrected chi connectivity index (χ0v) is 11.3. The molecule has 112 valence electrons. The quantitative estimate of drug-likeness (QED) is 0.937. The van der Waals surface area contributed by atoms with Crippen LogP contribution in [0.3, 0.4) is 0 Å². The van der Waals surface area contributed by atoms with Gasteiger partial charge in [-0.05, 0) is 25.0 Å². The topological polar surface area (TPSA) is 60.2 Å². The number of nitrogens with zero attached hydrogens (tertiary/aromatic N) is 3. The molecule has 0 bridgehead atoms. The van der Waals surface area contributed by atoms with Gasteiger partial charge in [0.2, 0.25) is 0 Å². The van der Waals surface area contributed by atoms with Crippen LogP contribution in [-0.4, -0.2) is 38.9 Å². The van der Waals surface area contributed by atoms with Crippen molar-refractivity contribution in [2.24, 2.45) is 0 Å². The van der Waals surface area contributed by atoms with Crippen molar-refractivity contribution >= 4 is 0 Å². The molecule has 3 rings (SSSR count). The number of aliphatic hydroxyl groups is 1. The summed E-state index contributed by atoms with van der Waals surface area (Å²) in [6.07, 6.45) is 2.96. The maximum Gasteiger partial charge on any atom is 0.126 e. The molecule has 1 atom stereocenters. The molecule has 1 N–H and O–H groups in total. The van der Waals surface area contributed by atoms with E-state index in [1.54, 1.807) is 6.20 Å². The molecule has 1 saturated heterocycles. The fourth-order valence-electron chi connectivity index (χ4n) is 2.47. The van der Waals surface area contributed by atoms with Gasteiger partial charge in [-0.15, -0.1) is 5.10 Å². The molecule has 5 nitrogen and oxygen atoms in total. The highest BCUT2D eigenvalue weighted by Gasteiger charge is 2.31. The van der Waals surface area contributed by atoms with Gasteiger partial charge < -0.3 is 9.84 Å². The maximum absolute atomic E-state index is 13.2. The van der Waals surface area contributed by atoms with Crippen molar-refractivity contribution in [3.8, 4) is 11.3 Å². The van der Waals surface area contributed by atoms with Gasteiger partial charge >= 0.3 is 0 Å². The van der Waals surface area contributed by atoms with E-state index in [1.807, 2.05) is 0 Å². The Morgan fingerprint density at radius 1 is 1.29 bits per heavy atom. The average Bonchev–Trinajstić information content (AvgIpc) is 2.86. The summed E-state index contributed by atoms with van der Waals surface area (Å²) < 4.78 is 33.1. The highest BCUT2D eigenvalue weighted by Crippen LogP contribution is 2.23. The normalized spacial score (nSPS) is 22.4. The number of ether oxygens (including phenoxy) is 1. The Balaban J connectivity index is 1.79. The number of aromatic nitrogens is 3. The smallest absolute Gasteiger partial charge is 0.126 e. The van der Waals surface area contributed by atoms with E-state index in [0.29, 0.717) is 24.3 Å². The third kappa shape index (κ3) is 3.25. The minimum Gasteiger partial charge on any atom is -0.386 e. The van der Waals surface area contributed by atoms with Crippen LogP contribution in [0.2, 0.25) is 0 Å². The van der Waals surface area contributed by atoms with Gasteiger partial charge in [0.05, 0.1) is 19.3 Å². The van der Waals surface area contributed by atoms with Crippen LogP contribution in [0.1, 0.15) is 12.8 Å². The summed E-state index contributed by atoms with van der Waals surface area (Å²) in [5.41, 5.74) is -0.310. The van der Waals surface area contributed by atoms with E-state index in [-0.39, 0.29) is 13.2 Å². The molecule has 0 radical (unpaired) electrons. The molecule has 1 aliphatic heterocycles. The van der Waals surface area contributed by atoms with Crippen LogP contribution in [0.15, 0.2) is 24.4 Å². The van der Waals surface area contributed by atoms with E-state index < -0.39 is 17.2 Å². The van der Waals surface area contributed by atoms with Crippen LogP contribution >= 0.6 is 0 Å². The Labute approximate surface area is 120 Å². The molecule has 1 aromatic heterocycles. The summed E-state index contributed by atoms with van der Waals surface area (Å²) in [5.74, 6) is -1.34. The summed E-state index contributed by atoms with van der Waals surface area (Å²) in [5, 5.41) is 18.1. The second-order valence-electron chi connectivity index (χ2n) is 5.34.